The van der Waals surface area contributed by atoms with E-state index in [9.17, 15) is 9.59 Å². The van der Waals surface area contributed by atoms with Gasteiger partial charge in [-0.2, -0.15) is 5.10 Å². The van der Waals surface area contributed by atoms with Crippen molar-refractivity contribution in [2.24, 2.45) is 5.10 Å². The van der Waals surface area contributed by atoms with Gasteiger partial charge in [-0.1, -0.05) is 15.9 Å². The van der Waals surface area contributed by atoms with Crippen LogP contribution >= 0.6 is 15.9 Å². The number of ketones is 1. The smallest absolute Gasteiger partial charge is 0.271 e. The van der Waals surface area contributed by atoms with Gasteiger partial charge in [-0.3, -0.25) is 9.59 Å². The predicted molar refractivity (Wildman–Crippen MR) is 92.0 cm³/mol. The van der Waals surface area contributed by atoms with Crippen LogP contribution in [0.4, 0.5) is 0 Å². The third kappa shape index (κ3) is 5.03. The lowest BCUT2D eigenvalue weighted by Crippen LogP contribution is -2.17. The van der Waals surface area contributed by atoms with Gasteiger partial charge in [-0.15, -0.1) is 0 Å². The van der Waals surface area contributed by atoms with Gasteiger partial charge in [0.25, 0.3) is 5.91 Å². The van der Waals surface area contributed by atoms with E-state index in [2.05, 4.69) is 26.5 Å². The zero-order valence-corrected chi connectivity index (χ0v) is 14.0. The minimum Gasteiger partial charge on any atom is -0.497 e. The number of hydrogen-bond donors (Lipinski definition) is 1. The molecular formula is C17H15BrN2O3. The van der Waals surface area contributed by atoms with Gasteiger partial charge in [0.2, 0.25) is 0 Å². The molecule has 2 aromatic rings. The van der Waals surface area contributed by atoms with Crippen LogP contribution in [0.5, 0.6) is 5.75 Å². The molecule has 0 aliphatic heterocycles. The molecule has 1 N–H and O–H groups in total. The van der Waals surface area contributed by atoms with E-state index < -0.39 is 0 Å². The minimum atomic E-state index is -0.328. The molecule has 2 aromatic carbocycles. The lowest BCUT2D eigenvalue weighted by molar-refractivity contribution is 0.0951. The largest absolute Gasteiger partial charge is 0.497 e. The topological polar surface area (TPSA) is 67.8 Å². The van der Waals surface area contributed by atoms with E-state index in [0.717, 1.165) is 4.47 Å². The summed E-state index contributed by atoms with van der Waals surface area (Å²) in [5.41, 5.74) is 3.45. The molecule has 0 unspecified atom stereocenters. The Morgan fingerprint density at radius 1 is 1.09 bits per heavy atom. The monoisotopic (exact) mass is 374 g/mol. The molecule has 5 nitrogen and oxygen atoms in total. The van der Waals surface area contributed by atoms with E-state index in [4.69, 9.17) is 4.74 Å². The second-order valence-corrected chi connectivity index (χ2v) is 5.53. The maximum Gasteiger partial charge on any atom is 0.271 e. The number of hydrogen-bond acceptors (Lipinski definition) is 4. The third-order valence-electron chi connectivity index (χ3n) is 3.05. The number of carbonyl (C=O) groups is 2. The molecule has 2 rings (SSSR count). The molecule has 0 aliphatic rings. The Kier molecular flexibility index (Phi) is 6.05. The molecular weight excluding hydrogens is 360 g/mol. The number of nitrogens with zero attached hydrogens (tertiary/aromatic N) is 1. The summed E-state index contributed by atoms with van der Waals surface area (Å²) in [7, 11) is 1.57. The van der Waals surface area contributed by atoms with Crippen LogP contribution in [-0.2, 0) is 0 Å². The molecule has 23 heavy (non-hydrogen) atoms. The summed E-state index contributed by atoms with van der Waals surface area (Å²) in [6.07, 6.45) is 1.48. The lowest BCUT2D eigenvalue weighted by atomic mass is 10.1. The van der Waals surface area contributed by atoms with Gasteiger partial charge in [-0.05, 0) is 48.5 Å². The van der Waals surface area contributed by atoms with Gasteiger partial charge < -0.3 is 4.74 Å². The maximum absolute atomic E-state index is 11.9. The predicted octanol–water partition coefficient (Wildman–Crippen LogP) is 3.45. The average molecular weight is 375 g/mol. The Hall–Kier alpha value is -2.47. The summed E-state index contributed by atoms with van der Waals surface area (Å²) in [5, 5.41) is 3.79. The number of methoxy groups -OCH3 is 1. The van der Waals surface area contributed by atoms with Crippen LogP contribution in [0.25, 0.3) is 0 Å². The van der Waals surface area contributed by atoms with Crippen LogP contribution in [0.2, 0.25) is 0 Å². The Bertz CT molecular complexity index is 710. The fourth-order valence-corrected chi connectivity index (χ4v) is 2.06. The van der Waals surface area contributed by atoms with Crippen molar-refractivity contribution in [3.63, 3.8) is 0 Å². The molecule has 0 spiro atoms. The molecule has 0 fully saturated rings. The molecule has 0 saturated carbocycles. The first-order valence-corrected chi connectivity index (χ1v) is 7.64. The minimum absolute atomic E-state index is 0.0886. The van der Waals surface area contributed by atoms with Gasteiger partial charge >= 0.3 is 0 Å². The fraction of sp³-hybridized carbons (Fsp3) is 0.118. The fourth-order valence-electron chi connectivity index (χ4n) is 1.79. The van der Waals surface area contributed by atoms with Crippen molar-refractivity contribution in [2.45, 2.75) is 6.42 Å². The number of rotatable bonds is 6. The number of benzene rings is 2. The van der Waals surface area contributed by atoms with E-state index in [0.29, 0.717) is 16.9 Å². The number of nitrogens with one attached hydrogen (secondary N) is 1. The Balaban J connectivity index is 1.84. The van der Waals surface area contributed by atoms with Gasteiger partial charge in [0.05, 0.1) is 7.11 Å². The third-order valence-corrected chi connectivity index (χ3v) is 3.58. The first-order chi connectivity index (χ1) is 11.1. The Morgan fingerprint density at radius 2 is 1.70 bits per heavy atom. The lowest BCUT2D eigenvalue weighted by Gasteiger charge is -2.01. The van der Waals surface area contributed by atoms with Crippen molar-refractivity contribution in [3.8, 4) is 5.75 Å². The number of halogens is 1. The molecule has 0 bridgehead atoms. The summed E-state index contributed by atoms with van der Waals surface area (Å²) >= 11 is 3.30. The van der Waals surface area contributed by atoms with Crippen molar-refractivity contribution in [1.82, 2.24) is 5.43 Å². The summed E-state index contributed by atoms with van der Waals surface area (Å²) in [4.78, 5) is 23.7. The van der Waals surface area contributed by atoms with Crippen molar-refractivity contribution in [1.29, 1.82) is 0 Å². The van der Waals surface area contributed by atoms with Crippen LogP contribution < -0.4 is 10.2 Å². The molecule has 0 aromatic heterocycles. The second kappa shape index (κ2) is 8.24. The van der Waals surface area contributed by atoms with E-state index in [-0.39, 0.29) is 18.1 Å². The SMILES string of the molecule is COc1ccc(C(=O)C/C=N\NC(=O)c2ccc(Br)cc2)cc1. The number of ether oxygens (including phenoxy) is 1. The van der Waals surface area contributed by atoms with E-state index in [1.165, 1.54) is 6.21 Å². The Labute approximate surface area is 142 Å². The highest BCUT2D eigenvalue weighted by Gasteiger charge is 2.05. The molecule has 0 aliphatic carbocycles. The van der Waals surface area contributed by atoms with Crippen molar-refractivity contribution in [3.05, 3.63) is 64.1 Å². The highest BCUT2D eigenvalue weighted by Crippen LogP contribution is 2.12. The summed E-state index contributed by atoms with van der Waals surface area (Å²) < 4.78 is 5.93. The molecule has 0 radical (unpaired) electrons. The van der Waals surface area contributed by atoms with Gasteiger partial charge in [-0.25, -0.2) is 5.43 Å². The average Bonchev–Trinajstić information content (AvgIpc) is 2.59. The Morgan fingerprint density at radius 3 is 2.30 bits per heavy atom. The highest BCUT2D eigenvalue weighted by molar-refractivity contribution is 9.10. The van der Waals surface area contributed by atoms with Crippen LogP contribution in [0.1, 0.15) is 27.1 Å². The molecule has 0 heterocycles. The first-order valence-electron chi connectivity index (χ1n) is 6.85. The van der Waals surface area contributed by atoms with Crippen molar-refractivity contribution >= 4 is 33.8 Å². The highest BCUT2D eigenvalue weighted by atomic mass is 79.9. The number of Topliss-reactive ketones (excluding diaryl/α,β-unsaturated/α-hetero) is 1. The van der Waals surface area contributed by atoms with Gasteiger partial charge in [0, 0.05) is 28.2 Å². The van der Waals surface area contributed by atoms with Crippen molar-refractivity contribution < 1.29 is 14.3 Å². The van der Waals surface area contributed by atoms with E-state index in [1.54, 1.807) is 55.6 Å². The number of amides is 1. The van der Waals surface area contributed by atoms with Crippen LogP contribution in [-0.4, -0.2) is 25.0 Å². The quantitative estimate of drug-likeness (QED) is 0.478. The standard InChI is InChI=1S/C17H15BrN2O3/c1-23-15-8-4-12(5-9-15)16(21)10-11-19-20-17(22)13-2-6-14(18)7-3-13/h2-9,11H,10H2,1H3,(H,20,22)/b19-11-. The number of carbonyl (C=O) groups excluding carboxylic acids is 2. The molecule has 6 heteroatoms. The van der Waals surface area contributed by atoms with Crippen LogP contribution in [0.3, 0.4) is 0 Å². The van der Waals surface area contributed by atoms with Crippen LogP contribution in [0, 0.1) is 0 Å². The van der Waals surface area contributed by atoms with Gasteiger partial charge in [0.1, 0.15) is 5.75 Å². The summed E-state index contributed by atoms with van der Waals surface area (Å²) in [6, 6.07) is 13.7. The zero-order chi connectivity index (χ0) is 16.7. The van der Waals surface area contributed by atoms with Crippen molar-refractivity contribution in [2.75, 3.05) is 7.11 Å². The normalized spacial score (nSPS) is 10.5. The summed E-state index contributed by atoms with van der Waals surface area (Å²) in [5.74, 6) is 0.275. The molecule has 0 atom stereocenters. The second-order valence-electron chi connectivity index (χ2n) is 4.62. The molecule has 0 saturated heterocycles. The zero-order valence-electron chi connectivity index (χ0n) is 12.5. The van der Waals surface area contributed by atoms with E-state index in [1.807, 2.05) is 0 Å². The molecule has 118 valence electrons. The van der Waals surface area contributed by atoms with E-state index >= 15 is 0 Å². The van der Waals surface area contributed by atoms with Gasteiger partial charge in [0.15, 0.2) is 5.78 Å². The molecule has 1 amide bonds. The summed E-state index contributed by atoms with van der Waals surface area (Å²) in [6.45, 7) is 0. The van der Waals surface area contributed by atoms with Crippen LogP contribution in [0.15, 0.2) is 58.1 Å². The maximum atomic E-state index is 11.9. The number of hydrazone groups is 1. The first kappa shape index (κ1) is 16.9.